The molecule has 0 radical (unpaired) electrons. The van der Waals surface area contributed by atoms with Gasteiger partial charge in [0, 0.05) is 24.1 Å². The van der Waals surface area contributed by atoms with Gasteiger partial charge in [-0.05, 0) is 61.1 Å². The van der Waals surface area contributed by atoms with E-state index in [0.717, 1.165) is 49.1 Å². The highest BCUT2D eigenvalue weighted by Crippen LogP contribution is 2.48. The molecule has 0 atom stereocenters. The Morgan fingerprint density at radius 1 is 1.16 bits per heavy atom. The number of halogens is 1. The number of aliphatic imine (C=N–C) groups is 1. The fourth-order valence-corrected chi connectivity index (χ4v) is 5.61. The minimum Gasteiger partial charge on any atom is -0.492 e. The van der Waals surface area contributed by atoms with Crippen LogP contribution >= 0.6 is 0 Å². The number of hydrogen-bond acceptors (Lipinski definition) is 4. The minimum absolute atomic E-state index is 0.122. The molecule has 0 spiro atoms. The first kappa shape index (κ1) is 22.0. The molecule has 0 amide bonds. The van der Waals surface area contributed by atoms with E-state index in [1.165, 1.54) is 17.7 Å². The number of fused-ring (bicyclic) bond motifs is 1. The first-order valence-electron chi connectivity index (χ1n) is 11.0. The second-order valence-corrected chi connectivity index (χ2v) is 10.2. The maximum atomic E-state index is 13.5. The maximum absolute atomic E-state index is 13.5. The van der Waals surface area contributed by atoms with E-state index in [2.05, 4.69) is 10.8 Å². The molecule has 1 aliphatic heterocycles. The third-order valence-corrected chi connectivity index (χ3v) is 7.80. The molecule has 1 aliphatic carbocycles. The third kappa shape index (κ3) is 4.67. The highest BCUT2D eigenvalue weighted by molar-refractivity contribution is 7.89. The lowest BCUT2D eigenvalue weighted by Gasteiger charge is -2.45. The van der Waals surface area contributed by atoms with Crippen molar-refractivity contribution >= 4 is 15.7 Å². The van der Waals surface area contributed by atoms with Gasteiger partial charge in [-0.25, -0.2) is 17.5 Å². The van der Waals surface area contributed by atoms with Gasteiger partial charge < -0.3 is 4.74 Å². The van der Waals surface area contributed by atoms with E-state index >= 15 is 0 Å². The standard InChI is InChI=1S/C24H29FN2O3S/c1-2-16-31(28,29)27-14-15-30-21-9-4-18-10-13-26-23(22(18)17-21)24(11-3-12-24)19-5-7-20(25)8-6-19/h4-9,17,27H,2-3,10-16H2,1H3. The number of sulfonamides is 1. The van der Waals surface area contributed by atoms with E-state index in [4.69, 9.17) is 9.73 Å². The molecule has 1 heterocycles. The van der Waals surface area contributed by atoms with Gasteiger partial charge in [0.25, 0.3) is 0 Å². The number of nitrogens with zero attached hydrogens (tertiary/aromatic N) is 1. The fourth-order valence-electron chi connectivity index (χ4n) is 4.53. The topological polar surface area (TPSA) is 67.8 Å². The van der Waals surface area contributed by atoms with Crippen molar-refractivity contribution in [1.29, 1.82) is 0 Å². The zero-order chi connectivity index (χ0) is 21.9. The quantitative estimate of drug-likeness (QED) is 0.595. The Labute approximate surface area is 183 Å². The van der Waals surface area contributed by atoms with Crippen molar-refractivity contribution in [2.45, 2.75) is 44.4 Å². The van der Waals surface area contributed by atoms with E-state index < -0.39 is 10.0 Å². The van der Waals surface area contributed by atoms with Crippen molar-refractivity contribution < 1.29 is 17.5 Å². The molecule has 166 valence electrons. The molecule has 4 rings (SSSR count). The first-order valence-corrected chi connectivity index (χ1v) is 12.6. The van der Waals surface area contributed by atoms with Crippen molar-refractivity contribution in [3.05, 3.63) is 65.0 Å². The molecule has 0 bridgehead atoms. The molecule has 2 aromatic carbocycles. The molecule has 0 saturated heterocycles. The molecular formula is C24H29FN2O3S. The van der Waals surface area contributed by atoms with Gasteiger partial charge in [-0.15, -0.1) is 0 Å². The summed E-state index contributed by atoms with van der Waals surface area (Å²) in [5.74, 6) is 0.600. The van der Waals surface area contributed by atoms with Crippen LogP contribution < -0.4 is 9.46 Å². The van der Waals surface area contributed by atoms with E-state index in [1.807, 2.05) is 31.2 Å². The van der Waals surface area contributed by atoms with Crippen molar-refractivity contribution in [2.24, 2.45) is 4.99 Å². The lowest BCUT2D eigenvalue weighted by Crippen LogP contribution is -2.44. The molecule has 2 aromatic rings. The van der Waals surface area contributed by atoms with Gasteiger partial charge in [0.1, 0.15) is 18.2 Å². The average Bonchev–Trinajstić information content (AvgIpc) is 2.72. The van der Waals surface area contributed by atoms with Gasteiger partial charge in [0.15, 0.2) is 0 Å². The highest BCUT2D eigenvalue weighted by atomic mass is 32.2. The van der Waals surface area contributed by atoms with E-state index in [1.54, 1.807) is 0 Å². The Kier molecular flexibility index (Phi) is 6.44. The Hall–Kier alpha value is -2.25. The Bertz CT molecular complexity index is 1060. The second kappa shape index (κ2) is 9.09. The van der Waals surface area contributed by atoms with Crippen LogP contribution in [0.15, 0.2) is 47.5 Å². The van der Waals surface area contributed by atoms with Crippen LogP contribution in [0.25, 0.3) is 0 Å². The number of rotatable bonds is 9. The molecule has 0 unspecified atom stereocenters. The van der Waals surface area contributed by atoms with E-state index in [9.17, 15) is 12.8 Å². The van der Waals surface area contributed by atoms with E-state index in [0.29, 0.717) is 12.2 Å². The monoisotopic (exact) mass is 444 g/mol. The van der Waals surface area contributed by atoms with Crippen LogP contribution in [0.3, 0.4) is 0 Å². The summed E-state index contributed by atoms with van der Waals surface area (Å²) in [4.78, 5) is 4.93. The largest absolute Gasteiger partial charge is 0.492 e. The van der Waals surface area contributed by atoms with Gasteiger partial charge in [0.2, 0.25) is 10.0 Å². The lowest BCUT2D eigenvalue weighted by atomic mass is 9.59. The van der Waals surface area contributed by atoms with Crippen LogP contribution in [0, 0.1) is 5.82 Å². The van der Waals surface area contributed by atoms with Gasteiger partial charge in [0.05, 0.1) is 11.5 Å². The molecule has 1 N–H and O–H groups in total. The summed E-state index contributed by atoms with van der Waals surface area (Å²) in [6.07, 6.45) is 4.59. The molecular weight excluding hydrogens is 415 g/mol. The van der Waals surface area contributed by atoms with Crippen LogP contribution in [0.2, 0.25) is 0 Å². The van der Waals surface area contributed by atoms with Gasteiger partial charge >= 0.3 is 0 Å². The Balaban J connectivity index is 1.52. The van der Waals surface area contributed by atoms with E-state index in [-0.39, 0.29) is 30.1 Å². The zero-order valence-electron chi connectivity index (χ0n) is 17.9. The van der Waals surface area contributed by atoms with Crippen molar-refractivity contribution in [2.75, 3.05) is 25.4 Å². The van der Waals surface area contributed by atoms with Crippen LogP contribution in [0.4, 0.5) is 4.39 Å². The Morgan fingerprint density at radius 2 is 1.94 bits per heavy atom. The summed E-state index contributed by atoms with van der Waals surface area (Å²) in [7, 11) is -3.23. The van der Waals surface area contributed by atoms with Gasteiger partial charge in [-0.1, -0.05) is 31.5 Å². The van der Waals surface area contributed by atoms with Gasteiger partial charge in [-0.2, -0.15) is 0 Å². The average molecular weight is 445 g/mol. The normalized spacial score (nSPS) is 17.4. The predicted octanol–water partition coefficient (Wildman–Crippen LogP) is 4.00. The van der Waals surface area contributed by atoms with Gasteiger partial charge in [-0.3, -0.25) is 4.99 Å². The summed E-state index contributed by atoms with van der Waals surface area (Å²) >= 11 is 0. The SMILES string of the molecule is CCCS(=O)(=O)NCCOc1ccc2c(c1)C(C1(c3ccc(F)cc3)CCC1)=NCC2. The number of benzene rings is 2. The predicted molar refractivity (Wildman–Crippen MR) is 121 cm³/mol. The summed E-state index contributed by atoms with van der Waals surface area (Å²) in [5.41, 5.74) is 4.36. The zero-order valence-corrected chi connectivity index (χ0v) is 18.7. The molecule has 1 saturated carbocycles. The highest BCUT2D eigenvalue weighted by Gasteiger charge is 2.45. The smallest absolute Gasteiger partial charge is 0.211 e. The van der Waals surface area contributed by atoms with Crippen molar-refractivity contribution in [1.82, 2.24) is 4.72 Å². The van der Waals surface area contributed by atoms with Crippen LogP contribution in [0.1, 0.15) is 49.3 Å². The summed E-state index contributed by atoms with van der Waals surface area (Å²) in [6.45, 7) is 3.09. The molecule has 31 heavy (non-hydrogen) atoms. The first-order chi connectivity index (χ1) is 14.9. The number of nitrogens with one attached hydrogen (secondary N) is 1. The van der Waals surface area contributed by atoms with Crippen molar-refractivity contribution in [3.8, 4) is 5.75 Å². The molecule has 1 fully saturated rings. The Morgan fingerprint density at radius 3 is 2.61 bits per heavy atom. The molecule has 0 aromatic heterocycles. The lowest BCUT2D eigenvalue weighted by molar-refractivity contribution is 0.322. The van der Waals surface area contributed by atoms with Crippen molar-refractivity contribution in [3.63, 3.8) is 0 Å². The fraction of sp³-hybridized carbons (Fsp3) is 0.458. The summed E-state index contributed by atoms with van der Waals surface area (Å²) in [6, 6.07) is 12.9. The number of hydrogen-bond donors (Lipinski definition) is 1. The minimum atomic E-state index is -3.23. The molecule has 2 aliphatic rings. The van der Waals surface area contributed by atoms with Crippen LogP contribution in [-0.4, -0.2) is 39.6 Å². The van der Waals surface area contributed by atoms with Crippen LogP contribution in [-0.2, 0) is 21.9 Å². The molecule has 7 heteroatoms. The summed E-state index contributed by atoms with van der Waals surface area (Å²) < 4.78 is 45.5. The van der Waals surface area contributed by atoms with Crippen LogP contribution in [0.5, 0.6) is 5.75 Å². The number of ether oxygens (including phenoxy) is 1. The third-order valence-electron chi connectivity index (χ3n) is 6.21. The second-order valence-electron chi connectivity index (χ2n) is 8.30. The maximum Gasteiger partial charge on any atom is 0.211 e. The molecule has 5 nitrogen and oxygen atoms in total. The summed E-state index contributed by atoms with van der Waals surface area (Å²) in [5, 5.41) is 0.